The van der Waals surface area contributed by atoms with E-state index in [0.29, 0.717) is 18.9 Å². The molecule has 0 saturated carbocycles. The average molecular weight is 268 g/mol. The van der Waals surface area contributed by atoms with Gasteiger partial charge in [-0.2, -0.15) is 0 Å². The Bertz CT molecular complexity index is 441. The van der Waals surface area contributed by atoms with Gasteiger partial charge in [0.25, 0.3) is 5.56 Å². The quantitative estimate of drug-likeness (QED) is 0.757. The van der Waals surface area contributed by atoms with Crippen LogP contribution in [0, 0.1) is 0 Å². The summed E-state index contributed by atoms with van der Waals surface area (Å²) < 4.78 is 12.2. The number of hydrogen-bond donors (Lipinski definition) is 1. The molecule has 2 heterocycles. The van der Waals surface area contributed by atoms with Crippen LogP contribution in [0.15, 0.2) is 23.1 Å². The molecule has 1 aromatic heterocycles. The molecule has 19 heavy (non-hydrogen) atoms. The van der Waals surface area contributed by atoms with Crippen molar-refractivity contribution in [1.82, 2.24) is 9.47 Å². The molecule has 1 aliphatic heterocycles. The minimum atomic E-state index is -0.196. The Morgan fingerprint density at radius 2 is 2.11 bits per heavy atom. The molecule has 1 fully saturated rings. The van der Waals surface area contributed by atoms with E-state index in [1.165, 1.54) is 4.57 Å². The van der Waals surface area contributed by atoms with E-state index in [4.69, 9.17) is 14.6 Å². The predicted molar refractivity (Wildman–Crippen MR) is 70.5 cm³/mol. The van der Waals surface area contributed by atoms with Crippen molar-refractivity contribution in [3.05, 3.63) is 28.7 Å². The first-order chi connectivity index (χ1) is 9.31. The van der Waals surface area contributed by atoms with E-state index in [2.05, 4.69) is 4.90 Å². The minimum absolute atomic E-state index is 0.0584. The zero-order valence-corrected chi connectivity index (χ0v) is 11.0. The van der Waals surface area contributed by atoms with Crippen LogP contribution in [0.5, 0.6) is 5.75 Å². The van der Waals surface area contributed by atoms with E-state index in [1.807, 2.05) is 0 Å². The summed E-state index contributed by atoms with van der Waals surface area (Å²) in [4.78, 5) is 14.2. The van der Waals surface area contributed by atoms with Crippen LogP contribution in [0.3, 0.4) is 0 Å². The summed E-state index contributed by atoms with van der Waals surface area (Å²) in [6.07, 6.45) is 1.65. The molecule has 0 atom stereocenters. The molecule has 6 heteroatoms. The summed E-state index contributed by atoms with van der Waals surface area (Å²) in [5, 5.41) is 8.86. The van der Waals surface area contributed by atoms with Crippen molar-refractivity contribution in [3.63, 3.8) is 0 Å². The van der Waals surface area contributed by atoms with Crippen molar-refractivity contribution >= 4 is 0 Å². The van der Waals surface area contributed by atoms with Gasteiger partial charge in [0.2, 0.25) is 0 Å². The minimum Gasteiger partial charge on any atom is -0.487 e. The number of hydrogen-bond acceptors (Lipinski definition) is 5. The van der Waals surface area contributed by atoms with Crippen LogP contribution in [-0.2, 0) is 11.3 Å². The third kappa shape index (κ3) is 4.05. The van der Waals surface area contributed by atoms with Gasteiger partial charge in [-0.3, -0.25) is 9.69 Å². The maximum absolute atomic E-state index is 11.9. The van der Waals surface area contributed by atoms with E-state index >= 15 is 0 Å². The lowest BCUT2D eigenvalue weighted by Crippen LogP contribution is -2.39. The SMILES string of the molecule is O=c1c(OCCN2CCOCC2)cccn1CCO. The number of ether oxygens (including phenoxy) is 2. The summed E-state index contributed by atoms with van der Waals surface area (Å²) in [6.45, 7) is 4.84. The molecule has 1 aliphatic rings. The Hall–Kier alpha value is -1.37. The van der Waals surface area contributed by atoms with E-state index in [1.54, 1.807) is 18.3 Å². The lowest BCUT2D eigenvalue weighted by molar-refractivity contribution is 0.0321. The number of aliphatic hydroxyl groups is 1. The van der Waals surface area contributed by atoms with Gasteiger partial charge in [0, 0.05) is 32.4 Å². The van der Waals surface area contributed by atoms with Gasteiger partial charge < -0.3 is 19.1 Å². The molecule has 1 aromatic rings. The second-order valence-corrected chi connectivity index (χ2v) is 4.40. The van der Waals surface area contributed by atoms with Crippen LogP contribution in [0.4, 0.5) is 0 Å². The van der Waals surface area contributed by atoms with Crippen LogP contribution in [0.1, 0.15) is 0 Å². The summed E-state index contributed by atoms with van der Waals surface area (Å²) in [5.41, 5.74) is -0.196. The summed E-state index contributed by atoms with van der Waals surface area (Å²) in [5.74, 6) is 0.337. The number of aliphatic hydroxyl groups excluding tert-OH is 1. The zero-order chi connectivity index (χ0) is 13.5. The highest BCUT2D eigenvalue weighted by Crippen LogP contribution is 2.03. The highest BCUT2D eigenvalue weighted by Gasteiger charge is 2.10. The zero-order valence-electron chi connectivity index (χ0n) is 11.0. The van der Waals surface area contributed by atoms with Crippen molar-refractivity contribution in [2.45, 2.75) is 6.54 Å². The summed E-state index contributed by atoms with van der Waals surface area (Å²) >= 11 is 0. The molecule has 0 aromatic carbocycles. The lowest BCUT2D eigenvalue weighted by Gasteiger charge is -2.26. The van der Waals surface area contributed by atoms with Gasteiger partial charge in [0.1, 0.15) is 6.61 Å². The molecular weight excluding hydrogens is 248 g/mol. The van der Waals surface area contributed by atoms with Crippen LogP contribution in [-0.4, -0.2) is 60.6 Å². The Balaban J connectivity index is 1.85. The molecule has 0 radical (unpaired) electrons. The highest BCUT2D eigenvalue weighted by atomic mass is 16.5. The van der Waals surface area contributed by atoms with Crippen LogP contribution < -0.4 is 10.3 Å². The van der Waals surface area contributed by atoms with Gasteiger partial charge in [-0.1, -0.05) is 0 Å². The maximum Gasteiger partial charge on any atom is 0.292 e. The molecule has 0 amide bonds. The Morgan fingerprint density at radius 3 is 2.84 bits per heavy atom. The van der Waals surface area contributed by atoms with E-state index in [0.717, 1.165) is 32.8 Å². The predicted octanol–water partition coefficient (Wildman–Crippen LogP) is -0.448. The number of aromatic nitrogens is 1. The van der Waals surface area contributed by atoms with Gasteiger partial charge >= 0.3 is 0 Å². The van der Waals surface area contributed by atoms with E-state index < -0.39 is 0 Å². The number of rotatable bonds is 6. The molecule has 0 spiro atoms. The highest BCUT2D eigenvalue weighted by molar-refractivity contribution is 5.17. The molecule has 0 aliphatic carbocycles. The maximum atomic E-state index is 11.9. The fourth-order valence-corrected chi connectivity index (χ4v) is 2.02. The smallest absolute Gasteiger partial charge is 0.292 e. The fourth-order valence-electron chi connectivity index (χ4n) is 2.02. The third-order valence-corrected chi connectivity index (χ3v) is 3.09. The third-order valence-electron chi connectivity index (χ3n) is 3.09. The monoisotopic (exact) mass is 268 g/mol. The molecule has 2 rings (SSSR count). The number of morpholine rings is 1. The molecule has 0 unspecified atom stereocenters. The lowest BCUT2D eigenvalue weighted by atomic mass is 10.4. The molecule has 1 saturated heterocycles. The van der Waals surface area contributed by atoms with Gasteiger partial charge in [0.05, 0.1) is 19.8 Å². The van der Waals surface area contributed by atoms with Crippen molar-refractivity contribution in [1.29, 1.82) is 0 Å². The normalized spacial score (nSPS) is 16.5. The summed E-state index contributed by atoms with van der Waals surface area (Å²) in [7, 11) is 0. The molecule has 6 nitrogen and oxygen atoms in total. The molecule has 1 N–H and O–H groups in total. The van der Waals surface area contributed by atoms with Crippen LogP contribution >= 0.6 is 0 Å². The van der Waals surface area contributed by atoms with Crippen molar-refractivity contribution in [2.75, 3.05) is 46.1 Å². The number of pyridine rings is 1. The largest absolute Gasteiger partial charge is 0.487 e. The standard InChI is InChI=1S/C13H20N2O4/c16-8-4-15-3-1-2-12(13(15)17)19-11-7-14-5-9-18-10-6-14/h1-3,16H,4-11H2. The fraction of sp³-hybridized carbons (Fsp3) is 0.615. The van der Waals surface area contributed by atoms with Crippen LogP contribution in [0.2, 0.25) is 0 Å². The Kier molecular flexibility index (Phi) is 5.38. The second kappa shape index (κ2) is 7.28. The topological polar surface area (TPSA) is 63.9 Å². The molecule has 0 bridgehead atoms. The van der Waals surface area contributed by atoms with Gasteiger partial charge in [-0.15, -0.1) is 0 Å². The van der Waals surface area contributed by atoms with Crippen LogP contribution in [0.25, 0.3) is 0 Å². The first-order valence-corrected chi connectivity index (χ1v) is 6.54. The average Bonchev–Trinajstić information content (AvgIpc) is 2.44. The molecule has 106 valence electrons. The van der Waals surface area contributed by atoms with Gasteiger partial charge in [-0.05, 0) is 12.1 Å². The first kappa shape index (κ1) is 14.0. The van der Waals surface area contributed by atoms with Crippen molar-refractivity contribution < 1.29 is 14.6 Å². The number of nitrogens with zero attached hydrogens (tertiary/aromatic N) is 2. The van der Waals surface area contributed by atoms with Gasteiger partial charge in [0.15, 0.2) is 5.75 Å². The second-order valence-electron chi connectivity index (χ2n) is 4.40. The van der Waals surface area contributed by atoms with E-state index in [9.17, 15) is 4.79 Å². The van der Waals surface area contributed by atoms with Gasteiger partial charge in [-0.25, -0.2) is 0 Å². The Labute approximate surface area is 112 Å². The van der Waals surface area contributed by atoms with Crippen molar-refractivity contribution in [3.8, 4) is 5.75 Å². The summed E-state index contributed by atoms with van der Waals surface area (Å²) in [6, 6.07) is 3.41. The first-order valence-electron chi connectivity index (χ1n) is 6.54. The molecular formula is C13H20N2O4. The van der Waals surface area contributed by atoms with E-state index in [-0.39, 0.29) is 12.2 Å². The van der Waals surface area contributed by atoms with Crippen molar-refractivity contribution in [2.24, 2.45) is 0 Å². The Morgan fingerprint density at radius 1 is 1.32 bits per heavy atom.